The third kappa shape index (κ3) is 3.87. The van der Waals surface area contributed by atoms with Crippen LogP contribution in [0.25, 0.3) is 0 Å². The van der Waals surface area contributed by atoms with Crippen LogP contribution in [-0.4, -0.2) is 42.4 Å². The van der Waals surface area contributed by atoms with Crippen LogP contribution in [0.1, 0.15) is 12.6 Å². The van der Waals surface area contributed by atoms with E-state index >= 15 is 0 Å². The molecule has 1 aromatic heterocycles. The first kappa shape index (κ1) is 14.8. The average Bonchev–Trinajstić information content (AvgIpc) is 2.56. The Balaban J connectivity index is 2.87. The number of aliphatic hydroxyl groups is 2. The molecule has 0 aliphatic rings. The molecule has 0 aromatic carbocycles. The molecule has 1 atom stereocenters. The van der Waals surface area contributed by atoms with Gasteiger partial charge in [-0.3, -0.25) is 0 Å². The average molecular weight is 301 g/mol. The first-order chi connectivity index (χ1) is 7.68. The van der Waals surface area contributed by atoms with Gasteiger partial charge in [-0.05, 0) is 13.8 Å². The number of hydrogen-bond acceptors (Lipinski definition) is 6. The molecular weight excluding hydrogens is 288 g/mol. The number of sulfonamides is 1. The van der Waals surface area contributed by atoms with Gasteiger partial charge in [-0.15, -0.1) is 0 Å². The molecule has 1 rings (SSSR count). The van der Waals surface area contributed by atoms with Crippen LogP contribution >= 0.6 is 22.9 Å². The van der Waals surface area contributed by atoms with Gasteiger partial charge in [0.15, 0.2) is 8.68 Å². The van der Waals surface area contributed by atoms with E-state index in [9.17, 15) is 13.5 Å². The summed E-state index contributed by atoms with van der Waals surface area (Å²) in [5.41, 5.74) is -1.20. The first-order valence-corrected chi connectivity index (χ1v) is 7.31. The highest BCUT2D eigenvalue weighted by Crippen LogP contribution is 2.26. The molecule has 1 unspecified atom stereocenters. The van der Waals surface area contributed by atoms with Crippen molar-refractivity contribution in [2.24, 2.45) is 0 Å². The Morgan fingerprint density at radius 1 is 1.59 bits per heavy atom. The smallest absolute Gasteiger partial charge is 0.252 e. The molecule has 0 bridgehead atoms. The zero-order chi connectivity index (χ0) is 13.3. The molecule has 3 N–H and O–H groups in total. The number of halogens is 1. The Kier molecular flexibility index (Phi) is 4.50. The molecule has 0 spiro atoms. The van der Waals surface area contributed by atoms with Crippen LogP contribution in [0, 0.1) is 6.92 Å². The van der Waals surface area contributed by atoms with Crippen molar-refractivity contribution in [3.05, 3.63) is 10.2 Å². The van der Waals surface area contributed by atoms with Crippen molar-refractivity contribution in [2.75, 3.05) is 13.2 Å². The van der Waals surface area contributed by atoms with E-state index in [0.29, 0.717) is 5.69 Å². The van der Waals surface area contributed by atoms with Crippen LogP contribution in [-0.2, 0) is 10.0 Å². The minimum absolute atomic E-state index is 0.0104. The van der Waals surface area contributed by atoms with E-state index in [4.69, 9.17) is 16.7 Å². The van der Waals surface area contributed by atoms with Crippen LogP contribution in [0.15, 0.2) is 4.21 Å². The van der Waals surface area contributed by atoms with Gasteiger partial charge in [-0.2, -0.15) is 0 Å². The molecule has 17 heavy (non-hydrogen) atoms. The number of hydrogen-bond donors (Lipinski definition) is 3. The normalized spacial score (nSPS) is 15.8. The highest BCUT2D eigenvalue weighted by atomic mass is 35.5. The molecule has 0 saturated carbocycles. The van der Waals surface area contributed by atoms with Gasteiger partial charge in [0.05, 0.1) is 17.9 Å². The standard InChI is InChI=1S/C8H13ClN2O4S2/c1-5-6(16-7(9)11-5)17(14,15)10-3-8(2,13)4-12/h10,12-13H,3-4H2,1-2H3. The van der Waals surface area contributed by atoms with Gasteiger partial charge >= 0.3 is 0 Å². The molecule has 9 heteroatoms. The topological polar surface area (TPSA) is 99.5 Å². The second-order valence-electron chi connectivity index (χ2n) is 3.82. The van der Waals surface area contributed by atoms with E-state index in [1.165, 1.54) is 13.8 Å². The molecule has 0 aliphatic carbocycles. The summed E-state index contributed by atoms with van der Waals surface area (Å²) < 4.78 is 26.0. The van der Waals surface area contributed by atoms with E-state index in [-0.39, 0.29) is 15.2 Å². The number of nitrogens with one attached hydrogen (secondary N) is 1. The number of aryl methyl sites for hydroxylation is 1. The molecular formula is C8H13ClN2O4S2. The highest BCUT2D eigenvalue weighted by Gasteiger charge is 2.26. The summed E-state index contributed by atoms with van der Waals surface area (Å²) >= 11 is 6.45. The molecule has 98 valence electrons. The zero-order valence-corrected chi connectivity index (χ0v) is 11.7. The Labute approximate surface area is 108 Å². The predicted octanol–water partition coefficient (Wildman–Crippen LogP) is 0.127. The van der Waals surface area contributed by atoms with Gasteiger partial charge in [0.1, 0.15) is 0 Å². The van der Waals surface area contributed by atoms with E-state index < -0.39 is 22.2 Å². The maximum atomic E-state index is 11.8. The van der Waals surface area contributed by atoms with Gasteiger partial charge in [-0.25, -0.2) is 18.1 Å². The number of aliphatic hydroxyl groups excluding tert-OH is 1. The lowest BCUT2D eigenvalue weighted by atomic mass is 10.1. The maximum Gasteiger partial charge on any atom is 0.252 e. The Morgan fingerprint density at radius 2 is 2.18 bits per heavy atom. The Morgan fingerprint density at radius 3 is 2.59 bits per heavy atom. The summed E-state index contributed by atoms with van der Waals surface area (Å²) in [7, 11) is -3.76. The van der Waals surface area contributed by atoms with Crippen molar-refractivity contribution in [1.29, 1.82) is 0 Å². The van der Waals surface area contributed by atoms with Crippen LogP contribution in [0.3, 0.4) is 0 Å². The second-order valence-corrected chi connectivity index (χ2v) is 7.36. The first-order valence-electron chi connectivity index (χ1n) is 4.64. The molecule has 0 radical (unpaired) electrons. The summed E-state index contributed by atoms with van der Waals surface area (Å²) in [4.78, 5) is 3.79. The molecule has 0 fully saturated rings. The van der Waals surface area contributed by atoms with Crippen molar-refractivity contribution in [1.82, 2.24) is 9.71 Å². The van der Waals surface area contributed by atoms with Crippen LogP contribution < -0.4 is 4.72 Å². The van der Waals surface area contributed by atoms with Gasteiger partial charge < -0.3 is 10.2 Å². The minimum atomic E-state index is -3.76. The molecule has 0 saturated heterocycles. The minimum Gasteiger partial charge on any atom is -0.393 e. The van der Waals surface area contributed by atoms with Crippen LogP contribution in [0.2, 0.25) is 4.47 Å². The third-order valence-electron chi connectivity index (χ3n) is 1.96. The van der Waals surface area contributed by atoms with E-state index in [1.54, 1.807) is 0 Å². The van der Waals surface area contributed by atoms with Crippen molar-refractivity contribution in [3.8, 4) is 0 Å². The SMILES string of the molecule is Cc1nc(Cl)sc1S(=O)(=O)NCC(C)(O)CO. The van der Waals surface area contributed by atoms with Crippen molar-refractivity contribution >= 4 is 33.0 Å². The number of nitrogens with zero attached hydrogens (tertiary/aromatic N) is 1. The van der Waals surface area contributed by atoms with E-state index in [0.717, 1.165) is 11.3 Å². The lowest BCUT2D eigenvalue weighted by Gasteiger charge is -2.20. The van der Waals surface area contributed by atoms with Gasteiger partial charge in [0, 0.05) is 6.54 Å². The summed E-state index contributed by atoms with van der Waals surface area (Å²) in [6.07, 6.45) is 0. The Hall–Kier alpha value is -0.250. The van der Waals surface area contributed by atoms with Crippen molar-refractivity contribution < 1.29 is 18.6 Å². The van der Waals surface area contributed by atoms with Crippen LogP contribution in [0.4, 0.5) is 0 Å². The molecule has 6 nitrogen and oxygen atoms in total. The highest BCUT2D eigenvalue weighted by molar-refractivity contribution is 7.91. The van der Waals surface area contributed by atoms with Crippen molar-refractivity contribution in [2.45, 2.75) is 23.7 Å². The molecule has 0 amide bonds. The Bertz CT molecular complexity index is 498. The largest absolute Gasteiger partial charge is 0.393 e. The lowest BCUT2D eigenvalue weighted by Crippen LogP contribution is -2.43. The fourth-order valence-corrected chi connectivity index (χ4v) is 3.92. The predicted molar refractivity (Wildman–Crippen MR) is 64.8 cm³/mol. The summed E-state index contributed by atoms with van der Waals surface area (Å²) in [5.74, 6) is 0. The molecule has 1 aromatic rings. The van der Waals surface area contributed by atoms with Crippen LogP contribution in [0.5, 0.6) is 0 Å². The summed E-state index contributed by atoms with van der Waals surface area (Å²) in [5, 5.41) is 18.3. The summed E-state index contributed by atoms with van der Waals surface area (Å²) in [6.45, 7) is 2.02. The van der Waals surface area contributed by atoms with Crippen molar-refractivity contribution in [3.63, 3.8) is 0 Å². The number of rotatable bonds is 5. The zero-order valence-electron chi connectivity index (χ0n) is 9.27. The number of thiazole rings is 1. The fraction of sp³-hybridized carbons (Fsp3) is 0.625. The van der Waals surface area contributed by atoms with E-state index in [1.807, 2.05) is 0 Å². The van der Waals surface area contributed by atoms with Gasteiger partial charge in [0.2, 0.25) is 0 Å². The lowest BCUT2D eigenvalue weighted by molar-refractivity contribution is 0.00682. The second kappa shape index (κ2) is 5.17. The maximum absolute atomic E-state index is 11.8. The molecule has 0 aliphatic heterocycles. The summed E-state index contributed by atoms with van der Waals surface area (Å²) in [6, 6.07) is 0. The molecule has 1 heterocycles. The van der Waals surface area contributed by atoms with Gasteiger partial charge in [0.25, 0.3) is 10.0 Å². The van der Waals surface area contributed by atoms with E-state index in [2.05, 4.69) is 9.71 Å². The monoisotopic (exact) mass is 300 g/mol. The number of aromatic nitrogens is 1. The fourth-order valence-electron chi connectivity index (χ4n) is 0.972. The quantitative estimate of drug-likeness (QED) is 0.717. The third-order valence-corrected chi connectivity index (χ3v) is 5.23. The van der Waals surface area contributed by atoms with Gasteiger partial charge in [-0.1, -0.05) is 22.9 Å².